The summed E-state index contributed by atoms with van der Waals surface area (Å²) in [5.74, 6) is 0. The van der Waals surface area contributed by atoms with E-state index in [4.69, 9.17) is 0 Å². The third-order valence-corrected chi connectivity index (χ3v) is 6.53. The molecule has 1 atom stereocenters. The van der Waals surface area contributed by atoms with Crippen LogP contribution in [0.4, 0.5) is 11.4 Å². The van der Waals surface area contributed by atoms with Crippen LogP contribution in [0.2, 0.25) is 0 Å². The maximum absolute atomic E-state index is 13.2. The summed E-state index contributed by atoms with van der Waals surface area (Å²) >= 11 is 0. The normalized spacial score (nSPS) is 16.0. The number of aliphatic hydroxyl groups is 1. The average Bonchev–Trinajstić information content (AvgIpc) is 3.19. The van der Waals surface area contributed by atoms with E-state index in [-0.39, 0.29) is 17.1 Å². The van der Waals surface area contributed by atoms with Gasteiger partial charge in [0.05, 0.1) is 28.2 Å². The molecule has 0 radical (unpaired) electrons. The van der Waals surface area contributed by atoms with Gasteiger partial charge >= 0.3 is 0 Å². The fourth-order valence-corrected chi connectivity index (χ4v) is 4.82. The molecule has 2 aromatic rings. The Bertz CT molecular complexity index is 897. The molecule has 1 N–H and O–H groups in total. The molecule has 0 amide bonds. The predicted octanol–water partition coefficient (Wildman–Crippen LogP) is 2.25. The first-order chi connectivity index (χ1) is 13.4. The quantitative estimate of drug-likeness (QED) is 0.534. The number of hydrogen-bond donors (Lipinski definition) is 1. The standard InChI is InChI=1S/C19H23N3O5S/c23-18(14-20-12-4-5-13-20)15-21(16-6-2-1-3-7-16)28(26,27)19-10-8-17(9-11-19)22(24)25/h1-3,6-11,18,23H,4-5,12-15H2. The fraction of sp³-hybridized carbons (Fsp3) is 0.368. The number of hydrogen-bond acceptors (Lipinski definition) is 6. The van der Waals surface area contributed by atoms with E-state index in [1.54, 1.807) is 30.3 Å². The van der Waals surface area contributed by atoms with Gasteiger partial charge in [-0.05, 0) is 50.2 Å². The van der Waals surface area contributed by atoms with Crippen LogP contribution in [-0.2, 0) is 10.0 Å². The highest BCUT2D eigenvalue weighted by molar-refractivity contribution is 7.92. The highest BCUT2D eigenvalue weighted by Crippen LogP contribution is 2.25. The van der Waals surface area contributed by atoms with E-state index in [0.29, 0.717) is 12.2 Å². The third-order valence-electron chi connectivity index (χ3n) is 4.72. The summed E-state index contributed by atoms with van der Waals surface area (Å²) in [6.45, 7) is 2.11. The summed E-state index contributed by atoms with van der Waals surface area (Å²) in [7, 11) is -3.99. The molecule has 1 saturated heterocycles. The van der Waals surface area contributed by atoms with Gasteiger partial charge in [-0.1, -0.05) is 18.2 Å². The fourth-order valence-electron chi connectivity index (χ4n) is 3.32. The molecule has 1 heterocycles. The predicted molar refractivity (Wildman–Crippen MR) is 106 cm³/mol. The van der Waals surface area contributed by atoms with E-state index in [0.717, 1.165) is 42.4 Å². The van der Waals surface area contributed by atoms with Crippen molar-refractivity contribution in [3.8, 4) is 0 Å². The van der Waals surface area contributed by atoms with Gasteiger partial charge in [0, 0.05) is 18.7 Å². The Morgan fingerprint density at radius 2 is 1.68 bits per heavy atom. The number of nitrogens with zero attached hydrogens (tertiary/aromatic N) is 3. The molecule has 3 rings (SSSR count). The van der Waals surface area contributed by atoms with E-state index in [1.807, 2.05) is 0 Å². The molecule has 1 aliphatic heterocycles. The topological polar surface area (TPSA) is 104 Å². The van der Waals surface area contributed by atoms with Gasteiger partial charge in [0.2, 0.25) is 0 Å². The van der Waals surface area contributed by atoms with Crippen molar-refractivity contribution in [3.63, 3.8) is 0 Å². The Morgan fingerprint density at radius 3 is 2.25 bits per heavy atom. The number of benzene rings is 2. The molecular weight excluding hydrogens is 382 g/mol. The van der Waals surface area contributed by atoms with Crippen molar-refractivity contribution in [3.05, 3.63) is 64.7 Å². The van der Waals surface area contributed by atoms with E-state index in [2.05, 4.69) is 4.90 Å². The second kappa shape index (κ2) is 8.68. The number of aliphatic hydroxyl groups excluding tert-OH is 1. The van der Waals surface area contributed by atoms with Gasteiger partial charge in [-0.25, -0.2) is 8.42 Å². The zero-order valence-corrected chi connectivity index (χ0v) is 16.2. The van der Waals surface area contributed by atoms with Crippen molar-refractivity contribution in [2.75, 3.05) is 30.5 Å². The Kier molecular flexibility index (Phi) is 6.28. The Balaban J connectivity index is 1.87. The minimum absolute atomic E-state index is 0.0599. The number of nitro benzene ring substituents is 1. The van der Waals surface area contributed by atoms with Gasteiger partial charge in [-0.2, -0.15) is 0 Å². The summed E-state index contributed by atoms with van der Waals surface area (Å²) in [4.78, 5) is 12.3. The molecule has 0 spiro atoms. The van der Waals surface area contributed by atoms with Crippen molar-refractivity contribution in [2.45, 2.75) is 23.8 Å². The van der Waals surface area contributed by atoms with Gasteiger partial charge in [0.1, 0.15) is 0 Å². The van der Waals surface area contributed by atoms with Crippen LogP contribution < -0.4 is 4.31 Å². The lowest BCUT2D eigenvalue weighted by Crippen LogP contribution is -2.42. The second-order valence-corrected chi connectivity index (χ2v) is 8.65. The molecule has 0 saturated carbocycles. The second-order valence-electron chi connectivity index (χ2n) is 6.78. The number of sulfonamides is 1. The van der Waals surface area contributed by atoms with E-state index < -0.39 is 21.1 Å². The van der Waals surface area contributed by atoms with Crippen molar-refractivity contribution >= 4 is 21.4 Å². The number of rotatable bonds is 8. The lowest BCUT2D eigenvalue weighted by Gasteiger charge is -2.28. The molecule has 1 fully saturated rings. The molecule has 28 heavy (non-hydrogen) atoms. The molecular formula is C19H23N3O5S. The first-order valence-electron chi connectivity index (χ1n) is 9.10. The molecule has 2 aromatic carbocycles. The maximum atomic E-state index is 13.2. The van der Waals surface area contributed by atoms with Crippen LogP contribution in [0, 0.1) is 10.1 Å². The third kappa shape index (κ3) is 4.67. The zero-order valence-electron chi connectivity index (χ0n) is 15.3. The van der Waals surface area contributed by atoms with Crippen molar-refractivity contribution in [2.24, 2.45) is 0 Å². The zero-order chi connectivity index (χ0) is 20.1. The Hall–Kier alpha value is -2.49. The minimum atomic E-state index is -3.99. The number of β-amino-alcohol motifs (C(OH)–C–C–N with tert-alkyl or cyclic N) is 1. The van der Waals surface area contributed by atoms with Crippen molar-refractivity contribution in [1.82, 2.24) is 4.90 Å². The number of nitro groups is 1. The largest absolute Gasteiger partial charge is 0.390 e. The van der Waals surface area contributed by atoms with Gasteiger partial charge in [0.25, 0.3) is 15.7 Å². The first-order valence-corrected chi connectivity index (χ1v) is 10.5. The number of non-ortho nitro benzene ring substituents is 1. The van der Waals surface area contributed by atoms with Gasteiger partial charge in [-0.15, -0.1) is 0 Å². The lowest BCUT2D eigenvalue weighted by atomic mass is 10.3. The summed E-state index contributed by atoms with van der Waals surface area (Å²) in [5.41, 5.74) is 0.251. The van der Waals surface area contributed by atoms with Crippen LogP contribution in [0.5, 0.6) is 0 Å². The van der Waals surface area contributed by atoms with Crippen LogP contribution in [0.1, 0.15) is 12.8 Å². The Labute approximate surface area is 164 Å². The number of anilines is 1. The minimum Gasteiger partial charge on any atom is -0.390 e. The van der Waals surface area contributed by atoms with E-state index >= 15 is 0 Å². The molecule has 9 heteroatoms. The molecule has 1 aliphatic rings. The highest BCUT2D eigenvalue weighted by atomic mass is 32.2. The molecule has 8 nitrogen and oxygen atoms in total. The SMILES string of the molecule is O=[N+]([O-])c1ccc(S(=O)(=O)N(CC(O)CN2CCCC2)c2ccccc2)cc1. The van der Waals surface area contributed by atoms with Gasteiger partial charge in [-0.3, -0.25) is 14.4 Å². The monoisotopic (exact) mass is 405 g/mol. The van der Waals surface area contributed by atoms with Crippen LogP contribution in [0.25, 0.3) is 0 Å². The highest BCUT2D eigenvalue weighted by Gasteiger charge is 2.28. The van der Waals surface area contributed by atoms with Gasteiger partial charge in [0.15, 0.2) is 0 Å². The van der Waals surface area contributed by atoms with Crippen LogP contribution in [0.3, 0.4) is 0 Å². The molecule has 0 bridgehead atoms. The Morgan fingerprint density at radius 1 is 1.07 bits per heavy atom. The maximum Gasteiger partial charge on any atom is 0.269 e. The van der Waals surface area contributed by atoms with Gasteiger partial charge < -0.3 is 10.0 Å². The van der Waals surface area contributed by atoms with E-state index in [1.165, 1.54) is 12.1 Å². The van der Waals surface area contributed by atoms with Crippen LogP contribution >= 0.6 is 0 Å². The summed E-state index contributed by atoms with van der Waals surface area (Å²) in [5, 5.41) is 21.4. The molecule has 0 aliphatic carbocycles. The van der Waals surface area contributed by atoms with Crippen molar-refractivity contribution < 1.29 is 18.4 Å². The van der Waals surface area contributed by atoms with Crippen LogP contribution in [-0.4, -0.2) is 55.6 Å². The summed E-state index contributed by atoms with van der Waals surface area (Å²) < 4.78 is 27.6. The number of para-hydroxylation sites is 1. The first kappa shape index (κ1) is 20.2. The summed E-state index contributed by atoms with van der Waals surface area (Å²) in [6.07, 6.45) is 1.30. The van der Waals surface area contributed by atoms with Crippen molar-refractivity contribution in [1.29, 1.82) is 0 Å². The number of likely N-dealkylation sites (tertiary alicyclic amines) is 1. The molecule has 0 aromatic heterocycles. The average molecular weight is 405 g/mol. The lowest BCUT2D eigenvalue weighted by molar-refractivity contribution is -0.384. The molecule has 1 unspecified atom stereocenters. The summed E-state index contributed by atoms with van der Waals surface area (Å²) in [6, 6.07) is 13.3. The molecule has 150 valence electrons. The smallest absolute Gasteiger partial charge is 0.269 e. The van der Waals surface area contributed by atoms with E-state index in [9.17, 15) is 23.6 Å². The van der Waals surface area contributed by atoms with Crippen LogP contribution in [0.15, 0.2) is 59.5 Å².